The number of fused-ring (bicyclic) bond motifs is 1. The first kappa shape index (κ1) is 16.9. The number of rotatable bonds is 3. The lowest BCUT2D eigenvalue weighted by atomic mass is 10.1. The van der Waals surface area contributed by atoms with Gasteiger partial charge in [-0.2, -0.15) is 4.80 Å². The van der Waals surface area contributed by atoms with E-state index in [1.807, 2.05) is 0 Å². The van der Waals surface area contributed by atoms with Crippen LogP contribution in [0.2, 0.25) is 0 Å². The van der Waals surface area contributed by atoms with Crippen molar-refractivity contribution in [2.45, 2.75) is 51.7 Å². The minimum Gasteiger partial charge on any atom is -0.362 e. The second-order valence-electron chi connectivity index (χ2n) is 7.83. The summed E-state index contributed by atoms with van der Waals surface area (Å²) in [5.74, 6) is 0.777. The molecule has 130 valence electrons. The van der Waals surface area contributed by atoms with E-state index in [1.54, 1.807) is 4.80 Å². The number of anilines is 1. The lowest BCUT2D eigenvalue weighted by Gasteiger charge is -2.30. The number of tetrazole rings is 1. The van der Waals surface area contributed by atoms with Crippen molar-refractivity contribution < 1.29 is 0 Å². The molecule has 6 heteroatoms. The Kier molecular flexibility index (Phi) is 4.58. The van der Waals surface area contributed by atoms with Gasteiger partial charge in [0.2, 0.25) is 0 Å². The van der Waals surface area contributed by atoms with Crippen molar-refractivity contribution in [3.63, 3.8) is 0 Å². The van der Waals surface area contributed by atoms with Crippen molar-refractivity contribution in [2.75, 3.05) is 25.5 Å². The first-order chi connectivity index (χ1) is 11.3. The highest BCUT2D eigenvalue weighted by Crippen LogP contribution is 2.28. The van der Waals surface area contributed by atoms with E-state index >= 15 is 0 Å². The molecule has 6 nitrogen and oxygen atoms in total. The molecule has 0 spiro atoms. The largest absolute Gasteiger partial charge is 0.362 e. The fourth-order valence-corrected chi connectivity index (χ4v) is 3.13. The summed E-state index contributed by atoms with van der Waals surface area (Å²) in [5, 5.41) is 13.1. The van der Waals surface area contributed by atoms with Crippen LogP contribution in [0.15, 0.2) is 24.3 Å². The Balaban J connectivity index is 1.87. The molecule has 0 fully saturated rings. The molecule has 1 atom stereocenters. The Labute approximate surface area is 144 Å². The summed E-state index contributed by atoms with van der Waals surface area (Å²) in [6.45, 7) is 7.93. The first-order valence-electron chi connectivity index (χ1n) is 8.63. The topological polar surface area (TPSA) is 50.1 Å². The minimum atomic E-state index is -0.145. The third-order valence-corrected chi connectivity index (χ3v) is 4.63. The molecule has 0 aliphatic carbocycles. The Morgan fingerprint density at radius 3 is 2.62 bits per heavy atom. The molecule has 0 radical (unpaired) electrons. The second kappa shape index (κ2) is 6.51. The van der Waals surface area contributed by atoms with Crippen LogP contribution in [0, 0.1) is 0 Å². The van der Waals surface area contributed by atoms with Crippen LogP contribution in [0.3, 0.4) is 0 Å². The number of likely N-dealkylation sites (N-methyl/N-ethyl adjacent to an activating group) is 1. The molecular weight excluding hydrogens is 300 g/mol. The fraction of sp³-hybridized carbons (Fsp3) is 0.611. The number of aromatic nitrogens is 4. The van der Waals surface area contributed by atoms with Gasteiger partial charge in [0.25, 0.3) is 0 Å². The highest BCUT2D eigenvalue weighted by molar-refractivity contribution is 5.54. The van der Waals surface area contributed by atoms with Gasteiger partial charge >= 0.3 is 0 Å². The summed E-state index contributed by atoms with van der Waals surface area (Å²) in [4.78, 5) is 6.42. The van der Waals surface area contributed by atoms with E-state index in [2.05, 4.69) is 84.3 Å². The number of nitrogens with zero attached hydrogens (tertiary/aromatic N) is 6. The molecule has 1 aromatic heterocycles. The quantitative estimate of drug-likeness (QED) is 0.865. The molecule has 0 amide bonds. The van der Waals surface area contributed by atoms with Crippen molar-refractivity contribution in [1.29, 1.82) is 0 Å². The van der Waals surface area contributed by atoms with E-state index in [9.17, 15) is 0 Å². The Hall–Kier alpha value is -1.95. The van der Waals surface area contributed by atoms with Crippen LogP contribution in [0.1, 0.15) is 38.6 Å². The Morgan fingerprint density at radius 2 is 1.96 bits per heavy atom. The molecule has 2 aromatic rings. The van der Waals surface area contributed by atoms with Gasteiger partial charge in [-0.05, 0) is 64.6 Å². The van der Waals surface area contributed by atoms with Gasteiger partial charge in [0.05, 0.1) is 12.1 Å². The molecule has 1 aliphatic rings. The number of aryl methyl sites for hydroxylation is 1. The molecule has 0 saturated heterocycles. The van der Waals surface area contributed by atoms with Gasteiger partial charge in [-0.1, -0.05) is 18.2 Å². The Bertz CT molecular complexity index is 685. The molecule has 1 aliphatic heterocycles. The number of hydrogen-bond donors (Lipinski definition) is 0. The van der Waals surface area contributed by atoms with Crippen LogP contribution in [0.25, 0.3) is 0 Å². The first-order valence-corrected chi connectivity index (χ1v) is 8.63. The van der Waals surface area contributed by atoms with E-state index < -0.39 is 0 Å². The van der Waals surface area contributed by atoms with E-state index in [0.29, 0.717) is 12.6 Å². The average molecular weight is 328 g/mol. The molecule has 2 heterocycles. The van der Waals surface area contributed by atoms with Crippen LogP contribution in [0.4, 0.5) is 5.69 Å². The van der Waals surface area contributed by atoms with E-state index in [0.717, 1.165) is 18.8 Å². The number of para-hydroxylation sites is 1. The van der Waals surface area contributed by atoms with Gasteiger partial charge in [-0.15, -0.1) is 10.2 Å². The third kappa shape index (κ3) is 3.59. The zero-order valence-corrected chi connectivity index (χ0v) is 15.4. The van der Waals surface area contributed by atoms with Crippen LogP contribution in [-0.2, 0) is 18.5 Å². The normalized spacial score (nSPS) is 18.6. The fourth-order valence-electron chi connectivity index (χ4n) is 3.13. The number of hydrogen-bond acceptors (Lipinski definition) is 5. The molecule has 1 unspecified atom stereocenters. The molecular formula is C18H28N6. The lowest BCUT2D eigenvalue weighted by Crippen LogP contribution is -2.39. The minimum absolute atomic E-state index is 0.145. The molecule has 0 N–H and O–H groups in total. The zero-order valence-electron chi connectivity index (χ0n) is 15.4. The van der Waals surface area contributed by atoms with Gasteiger partial charge in [0, 0.05) is 18.3 Å². The van der Waals surface area contributed by atoms with Crippen molar-refractivity contribution in [3.05, 3.63) is 35.7 Å². The summed E-state index contributed by atoms with van der Waals surface area (Å²) < 4.78 is 0. The van der Waals surface area contributed by atoms with Gasteiger partial charge in [-0.25, -0.2) is 0 Å². The van der Waals surface area contributed by atoms with Crippen molar-refractivity contribution in [1.82, 2.24) is 25.1 Å². The maximum absolute atomic E-state index is 4.59. The zero-order chi connectivity index (χ0) is 17.3. The van der Waals surface area contributed by atoms with Gasteiger partial charge in [0.15, 0.2) is 5.82 Å². The van der Waals surface area contributed by atoms with Crippen molar-refractivity contribution in [3.8, 4) is 0 Å². The van der Waals surface area contributed by atoms with Crippen molar-refractivity contribution >= 4 is 5.69 Å². The third-order valence-electron chi connectivity index (χ3n) is 4.63. The summed E-state index contributed by atoms with van der Waals surface area (Å²) in [6.07, 6.45) is 2.28. The van der Waals surface area contributed by atoms with E-state index in [1.165, 1.54) is 17.7 Å². The smallest absolute Gasteiger partial charge is 0.194 e. The molecule has 3 rings (SSSR count). The molecule has 24 heavy (non-hydrogen) atoms. The summed E-state index contributed by atoms with van der Waals surface area (Å²) >= 11 is 0. The van der Waals surface area contributed by atoms with E-state index in [4.69, 9.17) is 0 Å². The average Bonchev–Trinajstić information content (AvgIpc) is 2.91. The van der Waals surface area contributed by atoms with Crippen molar-refractivity contribution in [2.24, 2.45) is 0 Å². The second-order valence-corrected chi connectivity index (χ2v) is 7.83. The predicted molar refractivity (Wildman–Crippen MR) is 96.1 cm³/mol. The molecule has 0 saturated carbocycles. The van der Waals surface area contributed by atoms with Crippen LogP contribution >= 0.6 is 0 Å². The van der Waals surface area contributed by atoms with Gasteiger partial charge < -0.3 is 9.80 Å². The van der Waals surface area contributed by atoms with E-state index in [-0.39, 0.29) is 5.54 Å². The predicted octanol–water partition coefficient (Wildman–Crippen LogP) is 2.31. The maximum Gasteiger partial charge on any atom is 0.194 e. The monoisotopic (exact) mass is 328 g/mol. The van der Waals surface area contributed by atoms with Crippen LogP contribution in [-0.4, -0.2) is 51.8 Å². The number of benzene rings is 1. The molecule has 0 bridgehead atoms. The summed E-state index contributed by atoms with van der Waals surface area (Å²) in [5.41, 5.74) is 2.56. The molecule has 1 aromatic carbocycles. The van der Waals surface area contributed by atoms with Gasteiger partial charge in [-0.3, -0.25) is 0 Å². The summed E-state index contributed by atoms with van der Waals surface area (Å²) in [6, 6.07) is 9.21. The Morgan fingerprint density at radius 1 is 1.21 bits per heavy atom. The maximum atomic E-state index is 4.59. The highest BCUT2D eigenvalue weighted by atomic mass is 15.6. The highest BCUT2D eigenvalue weighted by Gasteiger charge is 2.25. The van der Waals surface area contributed by atoms with Gasteiger partial charge in [0.1, 0.15) is 0 Å². The lowest BCUT2D eigenvalue weighted by molar-refractivity contribution is 0.282. The summed E-state index contributed by atoms with van der Waals surface area (Å²) in [7, 11) is 4.32. The van der Waals surface area contributed by atoms with Crippen LogP contribution < -0.4 is 4.90 Å². The standard InChI is InChI=1S/C18H28N6/c1-18(2,3)24-20-17(19-21-24)13-23-12-15(22(4)5)11-10-14-8-6-7-9-16(14)23/h6-9,15H,10-13H2,1-5H3. The van der Waals surface area contributed by atoms with Crippen LogP contribution in [0.5, 0.6) is 0 Å². The SMILES string of the molecule is CN(C)C1CCc2ccccc2N(Cc2nnn(C(C)(C)C)n2)C1.